The summed E-state index contributed by atoms with van der Waals surface area (Å²) in [7, 11) is 0. The number of nitrogens with zero attached hydrogens (tertiary/aromatic N) is 3. The van der Waals surface area contributed by atoms with E-state index >= 15 is 0 Å². The van der Waals surface area contributed by atoms with Crippen molar-refractivity contribution in [3.8, 4) is 18.2 Å². The Kier molecular flexibility index (Phi) is 4.61. The highest BCUT2D eigenvalue weighted by molar-refractivity contribution is 6.95. The van der Waals surface area contributed by atoms with E-state index < -0.39 is 0 Å². The van der Waals surface area contributed by atoms with Crippen molar-refractivity contribution in [3.63, 3.8) is 0 Å². The van der Waals surface area contributed by atoms with E-state index in [2.05, 4.69) is 18.2 Å². The first kappa shape index (κ1) is 16.1. The third-order valence-corrected chi connectivity index (χ3v) is 4.05. The molecule has 0 aliphatic rings. The zero-order valence-electron chi connectivity index (χ0n) is 13.3. The lowest BCUT2D eigenvalue weighted by Gasteiger charge is -2.16. The van der Waals surface area contributed by atoms with Gasteiger partial charge in [0.05, 0.1) is 34.9 Å². The summed E-state index contributed by atoms with van der Waals surface area (Å²) in [5.41, 5.74) is 4.58. The largest absolute Gasteiger partial charge is 0.241 e. The highest BCUT2D eigenvalue weighted by Gasteiger charge is 2.22. The number of hydrogen-bond acceptors (Lipinski definition) is 3. The van der Waals surface area contributed by atoms with Gasteiger partial charge in [-0.2, -0.15) is 15.8 Å². The number of benzene rings is 3. The normalized spacial score (nSPS) is 9.48. The Morgan fingerprint density at radius 1 is 0.520 bits per heavy atom. The Morgan fingerprint density at radius 2 is 0.840 bits per heavy atom. The lowest BCUT2D eigenvalue weighted by atomic mass is 9.36. The van der Waals surface area contributed by atoms with E-state index in [4.69, 9.17) is 0 Å². The Hall–Kier alpha value is -3.81. The number of hydrogen-bond donors (Lipinski definition) is 0. The molecule has 0 amide bonds. The maximum atomic E-state index is 9.21. The van der Waals surface area contributed by atoms with Gasteiger partial charge in [-0.25, -0.2) is 0 Å². The van der Waals surface area contributed by atoms with Crippen molar-refractivity contribution >= 4 is 23.1 Å². The Morgan fingerprint density at radius 3 is 1.12 bits per heavy atom. The summed E-state index contributed by atoms with van der Waals surface area (Å²) in [4.78, 5) is 0. The summed E-state index contributed by atoms with van der Waals surface area (Å²) in [5.74, 6) is 0. The zero-order chi connectivity index (χ0) is 17.6. The van der Waals surface area contributed by atoms with Crippen LogP contribution in [0.1, 0.15) is 16.7 Å². The molecule has 3 rings (SSSR count). The van der Waals surface area contributed by atoms with Crippen molar-refractivity contribution in [2.45, 2.75) is 0 Å². The molecule has 0 aliphatic heterocycles. The molecule has 3 aromatic rings. The van der Waals surface area contributed by atoms with Crippen LogP contribution in [-0.4, -0.2) is 6.71 Å². The van der Waals surface area contributed by atoms with E-state index in [1.807, 2.05) is 54.6 Å². The van der Waals surface area contributed by atoms with Crippen LogP contribution >= 0.6 is 0 Å². The molecule has 3 aromatic carbocycles. The van der Waals surface area contributed by atoms with Crippen molar-refractivity contribution in [2.75, 3.05) is 0 Å². The van der Waals surface area contributed by atoms with Crippen LogP contribution in [0, 0.1) is 34.0 Å². The van der Waals surface area contributed by atoms with Gasteiger partial charge in [-0.15, -0.1) is 0 Å². The van der Waals surface area contributed by atoms with Crippen LogP contribution in [0.2, 0.25) is 0 Å². The van der Waals surface area contributed by atoms with Gasteiger partial charge in [-0.05, 0) is 36.4 Å². The molecule has 0 saturated carbocycles. The summed E-state index contributed by atoms with van der Waals surface area (Å²) in [6.45, 7) is -0.158. The average molecular weight is 317 g/mol. The molecular weight excluding hydrogens is 305 g/mol. The van der Waals surface area contributed by atoms with Crippen molar-refractivity contribution in [3.05, 3.63) is 89.5 Å². The summed E-state index contributed by atoms with van der Waals surface area (Å²) in [5, 5.41) is 27.6. The monoisotopic (exact) mass is 317 g/mol. The van der Waals surface area contributed by atoms with Gasteiger partial charge in [0.15, 0.2) is 0 Å². The molecule has 0 heterocycles. The van der Waals surface area contributed by atoms with E-state index in [9.17, 15) is 15.8 Å². The van der Waals surface area contributed by atoms with Gasteiger partial charge in [0.25, 0.3) is 0 Å². The predicted molar refractivity (Wildman–Crippen MR) is 98.1 cm³/mol. The lowest BCUT2D eigenvalue weighted by molar-refractivity contribution is 1.49. The van der Waals surface area contributed by atoms with Crippen LogP contribution in [0.3, 0.4) is 0 Å². The predicted octanol–water partition coefficient (Wildman–Crippen LogP) is 1.82. The summed E-state index contributed by atoms with van der Waals surface area (Å²) in [6.07, 6.45) is 0. The molecule has 0 radical (unpaired) electrons. The van der Waals surface area contributed by atoms with Crippen molar-refractivity contribution in [1.29, 1.82) is 15.8 Å². The molecule has 0 aromatic heterocycles. The molecule has 114 valence electrons. The van der Waals surface area contributed by atoms with Gasteiger partial charge in [-0.3, -0.25) is 0 Å². The smallest absolute Gasteiger partial charge is 0.192 e. The molecule has 0 spiro atoms. The first-order chi connectivity index (χ1) is 12.2. The molecule has 4 heteroatoms. The van der Waals surface area contributed by atoms with Crippen molar-refractivity contribution in [2.24, 2.45) is 0 Å². The van der Waals surface area contributed by atoms with E-state index in [1.165, 1.54) is 0 Å². The molecule has 0 N–H and O–H groups in total. The van der Waals surface area contributed by atoms with Gasteiger partial charge in [0.2, 0.25) is 6.71 Å². The molecule has 0 aliphatic carbocycles. The number of nitriles is 3. The average Bonchev–Trinajstić information content (AvgIpc) is 2.68. The Balaban J connectivity index is 2.22. The van der Waals surface area contributed by atoms with Crippen LogP contribution in [0.25, 0.3) is 0 Å². The van der Waals surface area contributed by atoms with Crippen molar-refractivity contribution < 1.29 is 0 Å². The summed E-state index contributed by atoms with van der Waals surface area (Å²) >= 11 is 0. The maximum Gasteiger partial charge on any atom is 0.241 e. The molecule has 0 atom stereocenters. The lowest BCUT2D eigenvalue weighted by Crippen LogP contribution is -2.52. The Labute approximate surface area is 147 Å². The van der Waals surface area contributed by atoms with E-state index in [1.54, 1.807) is 18.2 Å². The number of rotatable bonds is 3. The maximum absolute atomic E-state index is 9.21. The van der Waals surface area contributed by atoms with Crippen LogP contribution in [0.4, 0.5) is 0 Å². The van der Waals surface area contributed by atoms with Crippen LogP contribution < -0.4 is 16.4 Å². The third-order valence-electron chi connectivity index (χ3n) is 4.05. The van der Waals surface area contributed by atoms with Gasteiger partial charge in [0, 0.05) is 0 Å². The molecular formula is C21H12BN3. The Bertz CT molecular complexity index is 915. The van der Waals surface area contributed by atoms with E-state index in [-0.39, 0.29) is 6.71 Å². The van der Waals surface area contributed by atoms with Crippen LogP contribution in [0.15, 0.2) is 72.8 Å². The first-order valence-electron chi connectivity index (χ1n) is 7.75. The topological polar surface area (TPSA) is 71.4 Å². The molecule has 25 heavy (non-hydrogen) atoms. The highest BCUT2D eigenvalue weighted by atomic mass is 14.2. The SMILES string of the molecule is N#Cc1cccc(B(c2cccc(C#N)c2)c2cccc(C#N)c2)c1. The fourth-order valence-electron chi connectivity index (χ4n) is 2.94. The minimum atomic E-state index is -0.158. The van der Waals surface area contributed by atoms with Crippen LogP contribution in [-0.2, 0) is 0 Å². The minimum Gasteiger partial charge on any atom is -0.192 e. The minimum absolute atomic E-state index is 0.158. The molecule has 0 saturated heterocycles. The fraction of sp³-hybridized carbons (Fsp3) is 0. The third kappa shape index (κ3) is 3.42. The quantitative estimate of drug-likeness (QED) is 0.692. The zero-order valence-corrected chi connectivity index (χ0v) is 13.3. The second-order valence-electron chi connectivity index (χ2n) is 5.64. The molecule has 3 nitrogen and oxygen atoms in total. The summed E-state index contributed by atoms with van der Waals surface area (Å²) in [6, 6.07) is 28.8. The van der Waals surface area contributed by atoms with Gasteiger partial charge in [0.1, 0.15) is 0 Å². The first-order valence-corrected chi connectivity index (χ1v) is 7.75. The molecule has 0 fully saturated rings. The highest BCUT2D eigenvalue weighted by Crippen LogP contribution is 2.03. The van der Waals surface area contributed by atoms with E-state index in [0.717, 1.165) is 16.4 Å². The molecule has 0 unspecified atom stereocenters. The standard InChI is InChI=1S/C21H12BN3/c23-13-16-4-1-7-19(10-16)22(20-8-2-5-17(11-20)14-24)21-9-3-6-18(12-21)15-25/h1-12H. The second-order valence-corrected chi connectivity index (χ2v) is 5.64. The van der Waals surface area contributed by atoms with Gasteiger partial charge >= 0.3 is 0 Å². The summed E-state index contributed by atoms with van der Waals surface area (Å²) < 4.78 is 0. The van der Waals surface area contributed by atoms with Gasteiger partial charge < -0.3 is 0 Å². The van der Waals surface area contributed by atoms with E-state index in [0.29, 0.717) is 16.7 Å². The second kappa shape index (κ2) is 7.18. The van der Waals surface area contributed by atoms with Crippen molar-refractivity contribution in [1.82, 2.24) is 0 Å². The fourth-order valence-corrected chi connectivity index (χ4v) is 2.94. The van der Waals surface area contributed by atoms with Gasteiger partial charge in [-0.1, -0.05) is 52.8 Å². The molecule has 0 bridgehead atoms. The van der Waals surface area contributed by atoms with Crippen LogP contribution in [0.5, 0.6) is 0 Å².